The van der Waals surface area contributed by atoms with E-state index >= 15 is 0 Å². The molecule has 1 atom stereocenters. The molecule has 6 heteroatoms. The van der Waals surface area contributed by atoms with Crippen LogP contribution in [0.1, 0.15) is 28.8 Å². The van der Waals surface area contributed by atoms with Crippen LogP contribution >= 0.6 is 11.8 Å². The summed E-state index contributed by atoms with van der Waals surface area (Å²) in [7, 11) is 0. The molecule has 1 nitrogen and oxygen atoms in total. The number of hydrogen-bond donors (Lipinski definition) is 0. The molecule has 1 saturated heterocycles. The average Bonchev–Trinajstić information content (AvgIpc) is 2.80. The van der Waals surface area contributed by atoms with E-state index in [4.69, 9.17) is 0 Å². The molecule has 1 fully saturated rings. The summed E-state index contributed by atoms with van der Waals surface area (Å²) in [6.45, 7) is 0. The van der Waals surface area contributed by atoms with E-state index in [0.29, 0.717) is 24.6 Å². The first-order valence-electron chi connectivity index (χ1n) is 5.42. The highest BCUT2D eigenvalue weighted by Crippen LogP contribution is 2.33. The Morgan fingerprint density at radius 1 is 1.33 bits per heavy atom. The highest BCUT2D eigenvalue weighted by atomic mass is 32.2. The van der Waals surface area contributed by atoms with Crippen molar-refractivity contribution in [3.63, 3.8) is 0 Å². The predicted molar refractivity (Wildman–Crippen MR) is 61.2 cm³/mol. The van der Waals surface area contributed by atoms with Gasteiger partial charge in [-0.05, 0) is 36.8 Å². The highest BCUT2D eigenvalue weighted by molar-refractivity contribution is 8.00. The molecular weight excluding hydrogens is 268 g/mol. The smallest absolute Gasteiger partial charge is 0.293 e. The van der Waals surface area contributed by atoms with E-state index in [1.807, 2.05) is 0 Å². The maximum absolute atomic E-state index is 13.5. The van der Waals surface area contributed by atoms with Crippen LogP contribution in [-0.4, -0.2) is 16.8 Å². The van der Waals surface area contributed by atoms with E-state index < -0.39 is 34.2 Å². The van der Waals surface area contributed by atoms with Crippen molar-refractivity contribution in [2.75, 3.05) is 5.75 Å². The Morgan fingerprint density at radius 3 is 2.61 bits per heavy atom. The minimum atomic E-state index is -4.56. The molecule has 0 saturated carbocycles. The Morgan fingerprint density at radius 2 is 2.06 bits per heavy atom. The molecule has 1 aliphatic heterocycles. The number of halogens is 4. The van der Waals surface area contributed by atoms with Crippen LogP contribution in [0.5, 0.6) is 0 Å². The molecule has 1 aromatic carbocycles. The molecule has 1 aromatic rings. The molecule has 0 aromatic heterocycles. The summed E-state index contributed by atoms with van der Waals surface area (Å²) in [4.78, 5) is 11.9. The second kappa shape index (κ2) is 4.91. The summed E-state index contributed by atoms with van der Waals surface area (Å²) in [5.74, 6) is -0.640. The minimum Gasteiger partial charge on any atom is -0.293 e. The van der Waals surface area contributed by atoms with Gasteiger partial charge in [-0.3, -0.25) is 4.79 Å². The Labute approximate surface area is 106 Å². The molecule has 1 aliphatic rings. The van der Waals surface area contributed by atoms with Crippen molar-refractivity contribution in [2.24, 2.45) is 0 Å². The lowest BCUT2D eigenvalue weighted by Gasteiger charge is -2.11. The molecule has 0 N–H and O–H groups in total. The molecular formula is C12H10F4OS. The van der Waals surface area contributed by atoms with Crippen molar-refractivity contribution in [3.05, 3.63) is 35.1 Å². The summed E-state index contributed by atoms with van der Waals surface area (Å²) < 4.78 is 51.0. The Hall–Kier alpha value is -1.04. The van der Waals surface area contributed by atoms with E-state index in [1.165, 1.54) is 11.8 Å². The van der Waals surface area contributed by atoms with Gasteiger partial charge in [0.2, 0.25) is 0 Å². The van der Waals surface area contributed by atoms with E-state index in [2.05, 4.69) is 0 Å². The number of alkyl halides is 3. The fraction of sp³-hybridized carbons (Fsp3) is 0.417. The number of thioether (sulfide) groups is 1. The van der Waals surface area contributed by atoms with Crippen LogP contribution in [0.2, 0.25) is 0 Å². The Kier molecular flexibility index (Phi) is 3.66. The van der Waals surface area contributed by atoms with Crippen LogP contribution in [0.15, 0.2) is 18.2 Å². The van der Waals surface area contributed by atoms with Gasteiger partial charge >= 0.3 is 6.18 Å². The average molecular weight is 278 g/mol. The van der Waals surface area contributed by atoms with E-state index in [-0.39, 0.29) is 0 Å². The number of hydrogen-bond acceptors (Lipinski definition) is 2. The van der Waals surface area contributed by atoms with Crippen molar-refractivity contribution < 1.29 is 22.4 Å². The topological polar surface area (TPSA) is 17.1 Å². The van der Waals surface area contributed by atoms with Crippen molar-refractivity contribution in [1.29, 1.82) is 0 Å². The number of rotatable bonds is 2. The summed E-state index contributed by atoms with van der Waals surface area (Å²) in [6, 6.07) is 1.96. The fourth-order valence-corrected chi connectivity index (χ4v) is 3.08. The van der Waals surface area contributed by atoms with E-state index in [1.54, 1.807) is 0 Å². The van der Waals surface area contributed by atoms with Gasteiger partial charge in [0.1, 0.15) is 5.82 Å². The van der Waals surface area contributed by atoms with Gasteiger partial charge in [-0.25, -0.2) is 4.39 Å². The summed E-state index contributed by atoms with van der Waals surface area (Å²) in [5, 5.41) is -0.414. The molecule has 0 aliphatic carbocycles. The molecule has 2 rings (SSSR count). The van der Waals surface area contributed by atoms with Crippen LogP contribution < -0.4 is 0 Å². The van der Waals surface area contributed by atoms with Crippen molar-refractivity contribution >= 4 is 17.5 Å². The third-order valence-electron chi connectivity index (χ3n) is 2.78. The Balaban J connectivity index is 2.34. The summed E-state index contributed by atoms with van der Waals surface area (Å²) in [6.07, 6.45) is -3.13. The Bertz CT molecular complexity index is 464. The molecule has 1 heterocycles. The first-order valence-corrected chi connectivity index (χ1v) is 6.47. The molecule has 0 radical (unpaired) electrons. The molecule has 0 amide bonds. The minimum absolute atomic E-state index is 0.414. The number of benzene rings is 1. The lowest BCUT2D eigenvalue weighted by Crippen LogP contribution is -2.17. The molecule has 1 unspecified atom stereocenters. The molecule has 0 spiro atoms. The van der Waals surface area contributed by atoms with Crippen LogP contribution in [0.3, 0.4) is 0 Å². The van der Waals surface area contributed by atoms with Gasteiger partial charge in [-0.2, -0.15) is 24.9 Å². The maximum atomic E-state index is 13.5. The maximum Gasteiger partial charge on any atom is 0.416 e. The van der Waals surface area contributed by atoms with Crippen molar-refractivity contribution in [3.8, 4) is 0 Å². The normalized spacial score (nSPS) is 20.1. The fourth-order valence-electron chi connectivity index (χ4n) is 1.85. The number of carbonyl (C=O) groups is 1. The lowest BCUT2D eigenvalue weighted by atomic mass is 10.0. The monoisotopic (exact) mass is 278 g/mol. The summed E-state index contributed by atoms with van der Waals surface area (Å²) in [5.41, 5.74) is -1.44. The predicted octanol–water partition coefficient (Wildman–Crippen LogP) is 3.92. The van der Waals surface area contributed by atoms with E-state index in [0.717, 1.165) is 12.2 Å². The second-order valence-corrected chi connectivity index (χ2v) is 5.37. The number of Topliss-reactive ketones (excluding diaryl/α,β-unsaturated/α-hetero) is 1. The van der Waals surface area contributed by atoms with Gasteiger partial charge in [0.25, 0.3) is 0 Å². The molecule has 18 heavy (non-hydrogen) atoms. The van der Waals surface area contributed by atoms with Crippen molar-refractivity contribution in [2.45, 2.75) is 24.3 Å². The second-order valence-electron chi connectivity index (χ2n) is 4.06. The van der Waals surface area contributed by atoms with Gasteiger partial charge in [0.05, 0.1) is 16.4 Å². The van der Waals surface area contributed by atoms with Crippen LogP contribution in [0.4, 0.5) is 17.6 Å². The first-order chi connectivity index (χ1) is 8.39. The molecule has 98 valence electrons. The van der Waals surface area contributed by atoms with Gasteiger partial charge in [0.15, 0.2) is 5.78 Å². The zero-order chi connectivity index (χ0) is 13.3. The standard InChI is InChI=1S/C12H10F4OS/c13-9-4-3-7(12(14,15)16)6-8(9)11(17)10-2-1-5-18-10/h3-4,6,10H,1-2,5H2. The highest BCUT2D eigenvalue weighted by Gasteiger charge is 2.33. The van der Waals surface area contributed by atoms with Gasteiger partial charge in [0, 0.05) is 0 Å². The number of carbonyl (C=O) groups excluding carboxylic acids is 1. The van der Waals surface area contributed by atoms with Crippen LogP contribution in [0, 0.1) is 5.82 Å². The van der Waals surface area contributed by atoms with Gasteiger partial charge < -0.3 is 0 Å². The van der Waals surface area contributed by atoms with Crippen LogP contribution in [-0.2, 0) is 6.18 Å². The van der Waals surface area contributed by atoms with Crippen LogP contribution in [0.25, 0.3) is 0 Å². The summed E-state index contributed by atoms with van der Waals surface area (Å²) >= 11 is 1.37. The quantitative estimate of drug-likeness (QED) is 0.602. The van der Waals surface area contributed by atoms with Gasteiger partial charge in [-0.15, -0.1) is 0 Å². The zero-order valence-corrected chi connectivity index (χ0v) is 10.1. The largest absolute Gasteiger partial charge is 0.416 e. The SMILES string of the molecule is O=C(c1cc(C(F)(F)F)ccc1F)C1CCCS1. The third kappa shape index (κ3) is 2.68. The first kappa shape index (κ1) is 13.4. The number of ketones is 1. The zero-order valence-electron chi connectivity index (χ0n) is 9.26. The van der Waals surface area contributed by atoms with E-state index in [9.17, 15) is 22.4 Å². The van der Waals surface area contributed by atoms with Crippen molar-refractivity contribution in [1.82, 2.24) is 0 Å². The third-order valence-corrected chi connectivity index (χ3v) is 4.16. The lowest BCUT2D eigenvalue weighted by molar-refractivity contribution is -0.137. The molecule has 0 bridgehead atoms. The van der Waals surface area contributed by atoms with Gasteiger partial charge in [-0.1, -0.05) is 0 Å².